The fraction of sp³-hybridized carbons (Fsp3) is 0.350. The summed E-state index contributed by atoms with van der Waals surface area (Å²) in [5.41, 5.74) is 2.25. The summed E-state index contributed by atoms with van der Waals surface area (Å²) in [7, 11) is 3.24. The van der Waals surface area contributed by atoms with Crippen LogP contribution in [-0.2, 0) is 11.2 Å². The van der Waals surface area contributed by atoms with E-state index in [4.69, 9.17) is 14.2 Å². The minimum Gasteiger partial charge on any atom is -0.493 e. The lowest BCUT2D eigenvalue weighted by Crippen LogP contribution is -2.29. The van der Waals surface area contributed by atoms with Crippen LogP contribution in [0.5, 0.6) is 17.2 Å². The van der Waals surface area contributed by atoms with Gasteiger partial charge in [0.25, 0.3) is 5.91 Å². The number of amides is 1. The molecule has 0 saturated carbocycles. The molecule has 134 valence electrons. The molecule has 0 bridgehead atoms. The largest absolute Gasteiger partial charge is 0.493 e. The number of methoxy groups -OCH3 is 2. The number of hydrogen-bond acceptors (Lipinski definition) is 4. The van der Waals surface area contributed by atoms with E-state index in [0.717, 1.165) is 29.7 Å². The van der Waals surface area contributed by atoms with Crippen molar-refractivity contribution < 1.29 is 19.0 Å². The van der Waals surface area contributed by atoms with E-state index in [9.17, 15) is 4.79 Å². The summed E-state index contributed by atoms with van der Waals surface area (Å²) in [6, 6.07) is 13.5. The lowest BCUT2D eigenvalue weighted by Gasteiger charge is -2.10. The third kappa shape index (κ3) is 6.03. The van der Waals surface area contributed by atoms with Crippen molar-refractivity contribution in [2.75, 3.05) is 27.4 Å². The molecular weight excluding hydrogens is 318 g/mol. The van der Waals surface area contributed by atoms with Gasteiger partial charge in [0.05, 0.1) is 14.2 Å². The summed E-state index contributed by atoms with van der Waals surface area (Å²) in [5, 5.41) is 2.87. The van der Waals surface area contributed by atoms with Crippen molar-refractivity contribution >= 4 is 5.91 Å². The van der Waals surface area contributed by atoms with Gasteiger partial charge < -0.3 is 19.5 Å². The van der Waals surface area contributed by atoms with Gasteiger partial charge in [0, 0.05) is 6.54 Å². The summed E-state index contributed by atoms with van der Waals surface area (Å²) in [6.45, 7) is 2.62. The first-order valence-electron chi connectivity index (χ1n) is 8.29. The van der Waals surface area contributed by atoms with Gasteiger partial charge >= 0.3 is 0 Å². The molecule has 0 atom stereocenters. The summed E-state index contributed by atoms with van der Waals surface area (Å²) in [4.78, 5) is 11.8. The Hall–Kier alpha value is -2.69. The summed E-state index contributed by atoms with van der Waals surface area (Å²) >= 11 is 0. The first-order valence-corrected chi connectivity index (χ1v) is 8.29. The summed E-state index contributed by atoms with van der Waals surface area (Å²) in [5.74, 6) is 2.03. The smallest absolute Gasteiger partial charge is 0.257 e. The highest BCUT2D eigenvalue weighted by Crippen LogP contribution is 2.27. The van der Waals surface area contributed by atoms with Gasteiger partial charge in [-0.3, -0.25) is 4.79 Å². The van der Waals surface area contributed by atoms with Crippen LogP contribution in [0.1, 0.15) is 17.5 Å². The third-order valence-corrected chi connectivity index (χ3v) is 3.77. The van der Waals surface area contributed by atoms with Crippen LogP contribution in [0.15, 0.2) is 42.5 Å². The van der Waals surface area contributed by atoms with Gasteiger partial charge in [-0.15, -0.1) is 0 Å². The molecule has 2 aromatic rings. The Balaban J connectivity index is 1.69. The standard InChI is InChI=1S/C20H25NO4/c1-15-6-4-8-17(12-15)25-14-20(22)21-11-5-7-16-9-10-18(23-2)19(13-16)24-3/h4,6,8-10,12-13H,5,7,11,14H2,1-3H3,(H,21,22). The van der Waals surface area contributed by atoms with Gasteiger partial charge in [-0.05, 0) is 55.2 Å². The van der Waals surface area contributed by atoms with E-state index in [2.05, 4.69) is 5.32 Å². The Morgan fingerprint density at radius 2 is 1.84 bits per heavy atom. The molecule has 0 fully saturated rings. The molecule has 25 heavy (non-hydrogen) atoms. The van der Waals surface area contributed by atoms with Crippen LogP contribution in [-0.4, -0.2) is 33.3 Å². The van der Waals surface area contributed by atoms with Gasteiger partial charge in [0.15, 0.2) is 18.1 Å². The molecule has 1 N–H and O–H groups in total. The van der Waals surface area contributed by atoms with Gasteiger partial charge in [-0.1, -0.05) is 18.2 Å². The molecule has 0 aliphatic carbocycles. The summed E-state index contributed by atoms with van der Waals surface area (Å²) < 4.78 is 16.0. The number of nitrogens with one attached hydrogen (secondary N) is 1. The molecule has 0 radical (unpaired) electrons. The van der Waals surface area contributed by atoms with Crippen LogP contribution in [0.3, 0.4) is 0 Å². The van der Waals surface area contributed by atoms with E-state index < -0.39 is 0 Å². The molecule has 2 aromatic carbocycles. The number of aryl methyl sites for hydroxylation is 2. The number of carbonyl (C=O) groups excluding carboxylic acids is 1. The highest BCUT2D eigenvalue weighted by Gasteiger charge is 2.05. The zero-order valence-electron chi connectivity index (χ0n) is 15.0. The number of carbonyl (C=O) groups is 1. The molecule has 0 aliphatic heterocycles. The van der Waals surface area contributed by atoms with Crippen LogP contribution in [0.4, 0.5) is 0 Å². The predicted octanol–water partition coefficient (Wildman–Crippen LogP) is 3.14. The molecule has 0 heterocycles. The van der Waals surface area contributed by atoms with Crippen LogP contribution in [0, 0.1) is 6.92 Å². The van der Waals surface area contributed by atoms with Crippen LogP contribution >= 0.6 is 0 Å². The van der Waals surface area contributed by atoms with E-state index in [0.29, 0.717) is 18.0 Å². The van der Waals surface area contributed by atoms with Gasteiger partial charge in [-0.2, -0.15) is 0 Å². The van der Waals surface area contributed by atoms with Crippen molar-refractivity contribution in [2.45, 2.75) is 19.8 Å². The van der Waals surface area contributed by atoms with E-state index >= 15 is 0 Å². The maximum Gasteiger partial charge on any atom is 0.257 e. The lowest BCUT2D eigenvalue weighted by molar-refractivity contribution is -0.123. The van der Waals surface area contributed by atoms with Crippen LogP contribution < -0.4 is 19.5 Å². The van der Waals surface area contributed by atoms with Crippen LogP contribution in [0.25, 0.3) is 0 Å². The quantitative estimate of drug-likeness (QED) is 0.711. The monoisotopic (exact) mass is 343 g/mol. The summed E-state index contributed by atoms with van der Waals surface area (Å²) in [6.07, 6.45) is 1.69. The van der Waals surface area contributed by atoms with Gasteiger partial charge in [0.1, 0.15) is 5.75 Å². The second-order valence-electron chi connectivity index (χ2n) is 5.75. The van der Waals surface area contributed by atoms with Crippen molar-refractivity contribution in [3.8, 4) is 17.2 Å². The topological polar surface area (TPSA) is 56.8 Å². The van der Waals surface area contributed by atoms with E-state index in [-0.39, 0.29) is 12.5 Å². The average molecular weight is 343 g/mol. The highest BCUT2D eigenvalue weighted by molar-refractivity contribution is 5.77. The maximum atomic E-state index is 11.8. The number of rotatable bonds is 9. The Labute approximate surface area is 148 Å². The molecule has 0 aliphatic rings. The average Bonchev–Trinajstić information content (AvgIpc) is 2.63. The Bertz CT molecular complexity index is 700. The molecule has 0 unspecified atom stereocenters. The number of benzene rings is 2. The number of ether oxygens (including phenoxy) is 3. The zero-order chi connectivity index (χ0) is 18.1. The second kappa shape index (κ2) is 9.57. The van der Waals surface area contributed by atoms with Crippen LogP contribution in [0.2, 0.25) is 0 Å². The molecule has 5 heteroatoms. The zero-order valence-corrected chi connectivity index (χ0v) is 15.0. The van der Waals surface area contributed by atoms with Crippen molar-refractivity contribution in [3.05, 3.63) is 53.6 Å². The Kier molecular flexibility index (Phi) is 7.14. The van der Waals surface area contributed by atoms with Crippen molar-refractivity contribution in [3.63, 3.8) is 0 Å². The molecular formula is C20H25NO4. The lowest BCUT2D eigenvalue weighted by atomic mass is 10.1. The fourth-order valence-corrected chi connectivity index (χ4v) is 2.46. The van der Waals surface area contributed by atoms with Crippen molar-refractivity contribution in [1.82, 2.24) is 5.32 Å². The van der Waals surface area contributed by atoms with Gasteiger partial charge in [0.2, 0.25) is 0 Å². The van der Waals surface area contributed by atoms with E-state index in [1.807, 2.05) is 49.4 Å². The minimum atomic E-state index is -0.117. The SMILES string of the molecule is COc1ccc(CCCNC(=O)COc2cccc(C)c2)cc1OC. The Morgan fingerprint density at radius 1 is 1.04 bits per heavy atom. The maximum absolute atomic E-state index is 11.8. The minimum absolute atomic E-state index is 0.0276. The molecule has 0 saturated heterocycles. The third-order valence-electron chi connectivity index (χ3n) is 3.77. The molecule has 2 rings (SSSR count). The number of hydrogen-bond donors (Lipinski definition) is 1. The van der Waals surface area contributed by atoms with E-state index in [1.165, 1.54) is 0 Å². The first-order chi connectivity index (χ1) is 12.1. The Morgan fingerprint density at radius 3 is 2.56 bits per heavy atom. The first kappa shape index (κ1) is 18.6. The molecule has 0 aromatic heterocycles. The van der Waals surface area contributed by atoms with Gasteiger partial charge in [-0.25, -0.2) is 0 Å². The predicted molar refractivity (Wildman–Crippen MR) is 97.6 cm³/mol. The molecule has 5 nitrogen and oxygen atoms in total. The molecule has 0 spiro atoms. The second-order valence-corrected chi connectivity index (χ2v) is 5.75. The van der Waals surface area contributed by atoms with E-state index in [1.54, 1.807) is 14.2 Å². The molecule has 1 amide bonds. The van der Waals surface area contributed by atoms with Crippen molar-refractivity contribution in [1.29, 1.82) is 0 Å². The van der Waals surface area contributed by atoms with Crippen molar-refractivity contribution in [2.24, 2.45) is 0 Å². The fourth-order valence-electron chi connectivity index (χ4n) is 2.46. The normalized spacial score (nSPS) is 10.2. The highest BCUT2D eigenvalue weighted by atomic mass is 16.5.